The Kier molecular flexibility index (Phi) is 4.29. The maximum Gasteiger partial charge on any atom is 0.270 e. The van der Waals surface area contributed by atoms with Crippen LogP contribution in [0.25, 0.3) is 12.2 Å². The Morgan fingerprint density at radius 3 is 2.70 bits per heavy atom. The summed E-state index contributed by atoms with van der Waals surface area (Å²) in [5, 5.41) is 13.8. The maximum atomic E-state index is 10.8. The molecule has 0 radical (unpaired) electrons. The topological polar surface area (TPSA) is 56.0 Å². The van der Waals surface area contributed by atoms with Crippen LogP contribution in [0.4, 0.5) is 5.69 Å². The van der Waals surface area contributed by atoms with Gasteiger partial charge >= 0.3 is 0 Å². The van der Waals surface area contributed by atoms with Gasteiger partial charge < -0.3 is 0 Å². The molecule has 2 aromatic rings. The number of hydrogen-bond acceptors (Lipinski definition) is 4. The van der Waals surface area contributed by atoms with E-state index in [9.17, 15) is 10.1 Å². The third kappa shape index (κ3) is 3.30. The summed E-state index contributed by atoms with van der Waals surface area (Å²) in [4.78, 5) is 14.9. The van der Waals surface area contributed by atoms with E-state index in [4.69, 9.17) is 0 Å². The van der Waals surface area contributed by atoms with Crippen molar-refractivity contribution in [2.75, 3.05) is 0 Å². The summed E-state index contributed by atoms with van der Waals surface area (Å²) >= 11 is 1.58. The molecule has 4 nitrogen and oxygen atoms in total. The lowest BCUT2D eigenvalue weighted by atomic mass is 10.1. The fourth-order valence-corrected chi connectivity index (χ4v) is 2.60. The van der Waals surface area contributed by atoms with Crippen LogP contribution in [0.15, 0.2) is 23.6 Å². The molecular weight excluding hydrogens is 272 g/mol. The van der Waals surface area contributed by atoms with Crippen LogP contribution in [0.5, 0.6) is 0 Å². The minimum absolute atomic E-state index is 0.109. The average molecular weight is 288 g/mol. The lowest BCUT2D eigenvalue weighted by Crippen LogP contribution is -1.90. The number of nitro benzene ring substituents is 1. The molecule has 0 saturated heterocycles. The summed E-state index contributed by atoms with van der Waals surface area (Å²) in [5.74, 6) is 0.410. The number of thiazole rings is 1. The summed E-state index contributed by atoms with van der Waals surface area (Å²) in [5.41, 5.74) is 3.04. The average Bonchev–Trinajstić information content (AvgIpc) is 2.86. The molecule has 0 bridgehead atoms. The van der Waals surface area contributed by atoms with Crippen LogP contribution in [0, 0.1) is 17.0 Å². The van der Waals surface area contributed by atoms with E-state index >= 15 is 0 Å². The van der Waals surface area contributed by atoms with Gasteiger partial charge in [0.25, 0.3) is 5.69 Å². The largest absolute Gasteiger partial charge is 0.270 e. The molecule has 0 aliphatic heterocycles. The molecule has 104 valence electrons. The van der Waals surface area contributed by atoms with Crippen molar-refractivity contribution < 1.29 is 4.92 Å². The standard InChI is InChI=1S/C15H16N2O2S/c1-10(2)14-9-20-15(16-14)7-5-12-8-13(17(18)19)6-4-11(12)3/h4-10H,1-3H3/b7-5+. The first kappa shape index (κ1) is 14.4. The zero-order valence-corrected chi connectivity index (χ0v) is 12.5. The number of aryl methyl sites for hydroxylation is 1. The number of benzene rings is 1. The monoisotopic (exact) mass is 288 g/mol. The minimum Gasteiger partial charge on any atom is -0.258 e. The molecule has 1 heterocycles. The highest BCUT2D eigenvalue weighted by atomic mass is 32.1. The van der Waals surface area contributed by atoms with E-state index in [1.54, 1.807) is 23.5 Å². The molecule has 1 aromatic heterocycles. The highest BCUT2D eigenvalue weighted by Crippen LogP contribution is 2.22. The van der Waals surface area contributed by atoms with Gasteiger partial charge in [-0.25, -0.2) is 4.98 Å². The molecule has 0 amide bonds. The van der Waals surface area contributed by atoms with Crippen molar-refractivity contribution in [2.24, 2.45) is 0 Å². The molecule has 0 spiro atoms. The first-order valence-corrected chi connectivity index (χ1v) is 7.24. The van der Waals surface area contributed by atoms with Gasteiger partial charge in [-0.15, -0.1) is 11.3 Å². The van der Waals surface area contributed by atoms with Crippen molar-refractivity contribution in [3.05, 3.63) is 55.5 Å². The van der Waals surface area contributed by atoms with Crippen molar-refractivity contribution >= 4 is 29.2 Å². The van der Waals surface area contributed by atoms with Gasteiger partial charge in [0.2, 0.25) is 0 Å². The number of hydrogen-bond donors (Lipinski definition) is 0. The second-order valence-electron chi connectivity index (χ2n) is 4.90. The summed E-state index contributed by atoms with van der Waals surface area (Å²) in [6.45, 7) is 6.14. The van der Waals surface area contributed by atoms with Crippen molar-refractivity contribution in [3.63, 3.8) is 0 Å². The van der Waals surface area contributed by atoms with E-state index in [0.717, 1.165) is 21.8 Å². The van der Waals surface area contributed by atoms with Gasteiger partial charge in [0, 0.05) is 17.5 Å². The van der Waals surface area contributed by atoms with Crippen molar-refractivity contribution in [1.29, 1.82) is 0 Å². The van der Waals surface area contributed by atoms with Crippen LogP contribution in [0.2, 0.25) is 0 Å². The molecule has 5 heteroatoms. The Hall–Kier alpha value is -2.01. The van der Waals surface area contributed by atoms with Gasteiger partial charge in [-0.2, -0.15) is 0 Å². The van der Waals surface area contributed by atoms with Crippen LogP contribution in [0.1, 0.15) is 41.6 Å². The Morgan fingerprint density at radius 1 is 1.35 bits per heavy atom. The quantitative estimate of drug-likeness (QED) is 0.607. The second-order valence-corrected chi connectivity index (χ2v) is 5.79. The summed E-state index contributed by atoms with van der Waals surface area (Å²) in [6.07, 6.45) is 3.79. The number of rotatable bonds is 4. The Balaban J connectivity index is 2.26. The van der Waals surface area contributed by atoms with E-state index in [2.05, 4.69) is 18.8 Å². The fourth-order valence-electron chi connectivity index (χ4n) is 1.72. The SMILES string of the molecule is Cc1ccc([N+](=O)[O-])cc1/C=C/c1nc(C(C)C)cs1. The number of non-ortho nitro benzene ring substituents is 1. The third-order valence-corrected chi connectivity index (χ3v) is 3.84. The predicted octanol–water partition coefficient (Wildman–Crippen LogP) is 4.65. The maximum absolute atomic E-state index is 10.8. The second kappa shape index (κ2) is 5.96. The number of nitro groups is 1. The Bertz CT molecular complexity index is 660. The molecule has 0 unspecified atom stereocenters. The smallest absolute Gasteiger partial charge is 0.258 e. The lowest BCUT2D eigenvalue weighted by Gasteiger charge is -1.99. The van der Waals surface area contributed by atoms with Gasteiger partial charge in [0.15, 0.2) is 0 Å². The van der Waals surface area contributed by atoms with Crippen LogP contribution >= 0.6 is 11.3 Å². The Labute approximate surface area is 122 Å². The van der Waals surface area contributed by atoms with Crippen LogP contribution in [-0.4, -0.2) is 9.91 Å². The number of nitrogens with zero attached hydrogens (tertiary/aromatic N) is 2. The molecular formula is C15H16N2O2S. The van der Waals surface area contributed by atoms with Gasteiger partial charge in [-0.3, -0.25) is 10.1 Å². The molecule has 0 aliphatic carbocycles. The molecule has 0 saturated carbocycles. The molecule has 0 aliphatic rings. The zero-order chi connectivity index (χ0) is 14.7. The molecule has 0 atom stereocenters. The number of aromatic nitrogens is 1. The highest BCUT2D eigenvalue weighted by Gasteiger charge is 2.07. The van der Waals surface area contributed by atoms with Gasteiger partial charge in [-0.1, -0.05) is 26.0 Å². The van der Waals surface area contributed by atoms with Crippen molar-refractivity contribution in [3.8, 4) is 0 Å². The summed E-state index contributed by atoms with van der Waals surface area (Å²) in [6, 6.07) is 4.87. The fraction of sp³-hybridized carbons (Fsp3) is 0.267. The first-order chi connectivity index (χ1) is 9.47. The normalized spacial score (nSPS) is 11.4. The van der Waals surface area contributed by atoms with Crippen LogP contribution < -0.4 is 0 Å². The highest BCUT2D eigenvalue weighted by molar-refractivity contribution is 7.10. The minimum atomic E-state index is -0.378. The van der Waals surface area contributed by atoms with Gasteiger partial charge in [-0.05, 0) is 30.0 Å². The van der Waals surface area contributed by atoms with E-state index in [-0.39, 0.29) is 10.6 Å². The molecule has 20 heavy (non-hydrogen) atoms. The van der Waals surface area contributed by atoms with Gasteiger partial charge in [0.05, 0.1) is 10.6 Å². The van der Waals surface area contributed by atoms with Crippen molar-refractivity contribution in [2.45, 2.75) is 26.7 Å². The summed E-state index contributed by atoms with van der Waals surface area (Å²) < 4.78 is 0. The first-order valence-electron chi connectivity index (χ1n) is 6.36. The van der Waals surface area contributed by atoms with Crippen LogP contribution in [0.3, 0.4) is 0 Å². The van der Waals surface area contributed by atoms with E-state index in [0.29, 0.717) is 5.92 Å². The molecule has 0 N–H and O–H groups in total. The zero-order valence-electron chi connectivity index (χ0n) is 11.7. The van der Waals surface area contributed by atoms with Crippen LogP contribution in [-0.2, 0) is 0 Å². The lowest BCUT2D eigenvalue weighted by molar-refractivity contribution is -0.384. The molecule has 0 fully saturated rings. The summed E-state index contributed by atoms with van der Waals surface area (Å²) in [7, 11) is 0. The van der Waals surface area contributed by atoms with Gasteiger partial charge in [0.1, 0.15) is 5.01 Å². The third-order valence-electron chi connectivity index (χ3n) is 3.01. The Morgan fingerprint density at radius 2 is 2.10 bits per heavy atom. The van der Waals surface area contributed by atoms with Crippen molar-refractivity contribution in [1.82, 2.24) is 4.98 Å². The van der Waals surface area contributed by atoms with E-state index < -0.39 is 0 Å². The molecule has 2 rings (SSSR count). The van der Waals surface area contributed by atoms with E-state index in [1.807, 2.05) is 24.5 Å². The predicted molar refractivity (Wildman–Crippen MR) is 83.0 cm³/mol. The molecule has 1 aromatic carbocycles. The van der Waals surface area contributed by atoms with E-state index in [1.165, 1.54) is 6.07 Å².